The van der Waals surface area contributed by atoms with Crippen molar-refractivity contribution in [3.63, 3.8) is 0 Å². The molecule has 3 unspecified atom stereocenters. The summed E-state index contributed by atoms with van der Waals surface area (Å²) >= 11 is 0. The average Bonchev–Trinajstić information content (AvgIpc) is 2.88. The van der Waals surface area contributed by atoms with E-state index in [1.807, 2.05) is 12.1 Å². The van der Waals surface area contributed by atoms with Gasteiger partial charge in [-0.05, 0) is 56.5 Å². The Bertz CT molecular complexity index is 390. The zero-order chi connectivity index (χ0) is 13.8. The first-order valence-corrected chi connectivity index (χ1v) is 7.42. The summed E-state index contributed by atoms with van der Waals surface area (Å²) in [4.78, 5) is 2.57. The van der Waals surface area contributed by atoms with Gasteiger partial charge in [0.25, 0.3) is 0 Å². The highest BCUT2D eigenvalue weighted by atomic mass is 16.3. The van der Waals surface area contributed by atoms with E-state index in [1.54, 1.807) is 12.1 Å². The van der Waals surface area contributed by atoms with Crippen molar-refractivity contribution in [1.82, 2.24) is 4.90 Å². The number of hydrogen-bond acceptors (Lipinski definition) is 3. The first kappa shape index (κ1) is 14.4. The van der Waals surface area contributed by atoms with Crippen LogP contribution in [0.4, 0.5) is 0 Å². The summed E-state index contributed by atoms with van der Waals surface area (Å²) in [6.07, 6.45) is 3.82. The van der Waals surface area contributed by atoms with E-state index in [0.29, 0.717) is 23.8 Å². The molecule has 1 aliphatic carbocycles. The van der Waals surface area contributed by atoms with E-state index in [1.165, 1.54) is 24.8 Å². The van der Waals surface area contributed by atoms with Crippen molar-refractivity contribution in [3.8, 4) is 5.75 Å². The van der Waals surface area contributed by atoms with Gasteiger partial charge in [-0.3, -0.25) is 4.90 Å². The van der Waals surface area contributed by atoms with Crippen molar-refractivity contribution in [3.05, 3.63) is 29.8 Å². The number of phenols is 1. The van der Waals surface area contributed by atoms with Gasteiger partial charge in [0.15, 0.2) is 0 Å². The van der Waals surface area contributed by atoms with Gasteiger partial charge in [0.2, 0.25) is 0 Å². The van der Waals surface area contributed by atoms with Crippen LogP contribution < -0.4 is 5.73 Å². The standard InChI is InChI=1S/C16H26N2O/c1-3-18(16-6-4-5-14(16)11-17)12(2)13-7-9-15(19)10-8-13/h7-10,12,14,16,19H,3-6,11,17H2,1-2H3. The van der Waals surface area contributed by atoms with Gasteiger partial charge in [-0.2, -0.15) is 0 Å². The van der Waals surface area contributed by atoms with Crippen LogP contribution in [-0.2, 0) is 0 Å². The SMILES string of the molecule is CCN(C(C)c1ccc(O)cc1)C1CCCC1CN. The Morgan fingerprint density at radius 3 is 2.58 bits per heavy atom. The molecule has 3 atom stereocenters. The van der Waals surface area contributed by atoms with Crippen molar-refractivity contribution in [1.29, 1.82) is 0 Å². The molecule has 0 radical (unpaired) electrons. The maximum absolute atomic E-state index is 9.40. The molecule has 0 spiro atoms. The highest BCUT2D eigenvalue weighted by Gasteiger charge is 2.32. The molecule has 0 heterocycles. The summed E-state index contributed by atoms with van der Waals surface area (Å²) in [6, 6.07) is 8.58. The van der Waals surface area contributed by atoms with E-state index in [9.17, 15) is 5.11 Å². The molecular formula is C16H26N2O. The molecular weight excluding hydrogens is 236 g/mol. The Morgan fingerprint density at radius 1 is 1.32 bits per heavy atom. The molecule has 2 rings (SSSR count). The van der Waals surface area contributed by atoms with Crippen LogP contribution in [0, 0.1) is 5.92 Å². The summed E-state index contributed by atoms with van der Waals surface area (Å²) in [5, 5.41) is 9.40. The molecule has 0 aliphatic heterocycles. The maximum Gasteiger partial charge on any atom is 0.115 e. The van der Waals surface area contributed by atoms with Gasteiger partial charge in [0.05, 0.1) is 0 Å². The van der Waals surface area contributed by atoms with Gasteiger partial charge in [0.1, 0.15) is 5.75 Å². The highest BCUT2D eigenvalue weighted by molar-refractivity contribution is 5.27. The van der Waals surface area contributed by atoms with Crippen LogP contribution in [0.25, 0.3) is 0 Å². The topological polar surface area (TPSA) is 49.5 Å². The molecule has 19 heavy (non-hydrogen) atoms. The van der Waals surface area contributed by atoms with E-state index in [2.05, 4.69) is 18.7 Å². The molecule has 0 bridgehead atoms. The largest absolute Gasteiger partial charge is 0.508 e. The third-order valence-corrected chi connectivity index (χ3v) is 4.59. The minimum absolute atomic E-state index is 0.333. The fraction of sp³-hybridized carbons (Fsp3) is 0.625. The minimum Gasteiger partial charge on any atom is -0.508 e. The van der Waals surface area contributed by atoms with E-state index in [0.717, 1.165) is 13.1 Å². The first-order valence-electron chi connectivity index (χ1n) is 7.42. The van der Waals surface area contributed by atoms with E-state index < -0.39 is 0 Å². The molecule has 1 aliphatic rings. The Hall–Kier alpha value is -1.06. The van der Waals surface area contributed by atoms with Gasteiger partial charge in [-0.15, -0.1) is 0 Å². The lowest BCUT2D eigenvalue weighted by Crippen LogP contribution is -2.41. The van der Waals surface area contributed by atoms with Crippen molar-refractivity contribution in [2.75, 3.05) is 13.1 Å². The van der Waals surface area contributed by atoms with Crippen molar-refractivity contribution in [2.24, 2.45) is 11.7 Å². The summed E-state index contributed by atoms with van der Waals surface area (Å²) in [5.74, 6) is 0.971. The molecule has 1 fully saturated rings. The zero-order valence-corrected chi connectivity index (χ0v) is 12.0. The van der Waals surface area contributed by atoms with Crippen molar-refractivity contribution < 1.29 is 5.11 Å². The molecule has 1 saturated carbocycles. The molecule has 1 aromatic rings. The van der Waals surface area contributed by atoms with E-state index >= 15 is 0 Å². The van der Waals surface area contributed by atoms with Crippen LogP contribution in [0.1, 0.15) is 44.7 Å². The average molecular weight is 262 g/mol. The molecule has 0 aromatic heterocycles. The summed E-state index contributed by atoms with van der Waals surface area (Å²) in [7, 11) is 0. The van der Waals surface area contributed by atoms with Crippen LogP contribution >= 0.6 is 0 Å². The number of benzene rings is 1. The predicted octanol–water partition coefficient (Wildman–Crippen LogP) is 2.90. The molecule has 0 saturated heterocycles. The zero-order valence-electron chi connectivity index (χ0n) is 12.0. The lowest BCUT2D eigenvalue weighted by molar-refractivity contribution is 0.123. The normalized spacial score (nSPS) is 24.8. The van der Waals surface area contributed by atoms with Gasteiger partial charge in [-0.1, -0.05) is 25.5 Å². The maximum atomic E-state index is 9.40. The second-order valence-electron chi connectivity index (χ2n) is 5.59. The van der Waals surface area contributed by atoms with Crippen molar-refractivity contribution >= 4 is 0 Å². The Kier molecular flexibility index (Phi) is 4.83. The highest BCUT2D eigenvalue weighted by Crippen LogP contribution is 2.34. The van der Waals surface area contributed by atoms with Crippen molar-refractivity contribution in [2.45, 2.75) is 45.2 Å². The monoisotopic (exact) mass is 262 g/mol. The number of nitrogens with zero attached hydrogens (tertiary/aromatic N) is 1. The molecule has 106 valence electrons. The third kappa shape index (κ3) is 3.10. The number of nitrogens with two attached hydrogens (primary N) is 1. The lowest BCUT2D eigenvalue weighted by Gasteiger charge is -2.37. The van der Waals surface area contributed by atoms with Gasteiger partial charge in [-0.25, -0.2) is 0 Å². The molecule has 3 heteroatoms. The fourth-order valence-corrected chi connectivity index (χ4v) is 3.47. The number of hydrogen-bond donors (Lipinski definition) is 2. The number of aromatic hydroxyl groups is 1. The van der Waals surface area contributed by atoms with Gasteiger partial charge < -0.3 is 10.8 Å². The quantitative estimate of drug-likeness (QED) is 0.858. The Labute approximate surface area is 116 Å². The molecule has 3 N–H and O–H groups in total. The van der Waals surface area contributed by atoms with E-state index in [-0.39, 0.29) is 0 Å². The lowest BCUT2D eigenvalue weighted by atomic mass is 9.98. The van der Waals surface area contributed by atoms with Crippen LogP contribution in [-0.4, -0.2) is 29.1 Å². The Balaban J connectivity index is 2.14. The molecule has 0 amide bonds. The summed E-state index contributed by atoms with van der Waals surface area (Å²) in [6.45, 7) is 6.32. The van der Waals surface area contributed by atoms with Crippen LogP contribution in [0.3, 0.4) is 0 Å². The molecule has 3 nitrogen and oxygen atoms in total. The number of phenolic OH excluding ortho intramolecular Hbond substituents is 1. The minimum atomic E-state index is 0.333. The third-order valence-electron chi connectivity index (χ3n) is 4.59. The van der Waals surface area contributed by atoms with E-state index in [4.69, 9.17) is 5.73 Å². The first-order chi connectivity index (χ1) is 9.17. The number of rotatable bonds is 5. The predicted molar refractivity (Wildman–Crippen MR) is 79.1 cm³/mol. The molecule has 1 aromatic carbocycles. The van der Waals surface area contributed by atoms with Gasteiger partial charge >= 0.3 is 0 Å². The van der Waals surface area contributed by atoms with Crippen LogP contribution in [0.15, 0.2) is 24.3 Å². The van der Waals surface area contributed by atoms with Crippen LogP contribution in [0.2, 0.25) is 0 Å². The second kappa shape index (κ2) is 6.40. The Morgan fingerprint density at radius 2 is 2.00 bits per heavy atom. The smallest absolute Gasteiger partial charge is 0.115 e. The van der Waals surface area contributed by atoms with Gasteiger partial charge in [0, 0.05) is 12.1 Å². The second-order valence-corrected chi connectivity index (χ2v) is 5.59. The summed E-state index contributed by atoms with van der Waals surface area (Å²) < 4.78 is 0. The van der Waals surface area contributed by atoms with Crippen LogP contribution in [0.5, 0.6) is 5.75 Å². The fourth-order valence-electron chi connectivity index (χ4n) is 3.47. The summed E-state index contributed by atoms with van der Waals surface area (Å²) in [5.41, 5.74) is 7.18.